The molecule has 0 aliphatic rings. The third-order valence-electron chi connectivity index (χ3n) is 4.47. The van der Waals surface area contributed by atoms with Gasteiger partial charge in [-0.25, -0.2) is 4.79 Å². The van der Waals surface area contributed by atoms with Gasteiger partial charge in [0.05, 0.1) is 12.1 Å². The minimum absolute atomic E-state index is 0.000269. The Morgan fingerprint density at radius 2 is 1.44 bits per heavy atom. The Bertz CT molecular complexity index is 562. The van der Waals surface area contributed by atoms with E-state index in [2.05, 4.69) is 16.0 Å². The zero-order chi connectivity index (χ0) is 21.5. The van der Waals surface area contributed by atoms with Crippen molar-refractivity contribution in [1.29, 1.82) is 0 Å². The molecular weight excluding hydrogens is 346 g/mol. The normalized spacial score (nSPS) is 16.0. The Kier molecular flexibility index (Phi) is 9.71. The fraction of sp³-hybridized carbons (Fsp3) is 0.750. The summed E-state index contributed by atoms with van der Waals surface area (Å²) in [6.07, 6.45) is 1.54. The number of carboxylic acid groups (broad SMARTS) is 1. The van der Waals surface area contributed by atoms with E-state index >= 15 is 0 Å². The fourth-order valence-corrected chi connectivity index (χ4v) is 2.66. The molecule has 0 rings (SSSR count). The second-order valence-electron chi connectivity index (χ2n) is 8.75. The van der Waals surface area contributed by atoms with Crippen molar-refractivity contribution in [3.8, 4) is 0 Å². The van der Waals surface area contributed by atoms with E-state index < -0.39 is 29.5 Å². The lowest BCUT2D eigenvalue weighted by Crippen LogP contribution is -2.59. The van der Waals surface area contributed by atoms with Crippen LogP contribution in [-0.4, -0.2) is 48.1 Å². The smallest absolute Gasteiger partial charge is 0.331 e. The van der Waals surface area contributed by atoms with Crippen molar-refractivity contribution < 1.29 is 19.5 Å². The Hall–Kier alpha value is -1.89. The molecule has 7 nitrogen and oxygen atoms in total. The first kappa shape index (κ1) is 25.1. The number of hydrogen-bond donors (Lipinski definition) is 4. The van der Waals surface area contributed by atoms with Crippen LogP contribution in [0.3, 0.4) is 0 Å². The highest BCUT2D eigenvalue weighted by Gasteiger charge is 2.35. The Morgan fingerprint density at radius 1 is 0.926 bits per heavy atom. The quantitative estimate of drug-likeness (QED) is 0.455. The number of carbonyl (C=O) groups excluding carboxylic acids is 2. The summed E-state index contributed by atoms with van der Waals surface area (Å²) < 4.78 is 0. The van der Waals surface area contributed by atoms with Crippen LogP contribution in [-0.2, 0) is 14.4 Å². The molecule has 0 aromatic carbocycles. The number of aliphatic carboxylic acids is 1. The summed E-state index contributed by atoms with van der Waals surface area (Å²) >= 11 is 0. The van der Waals surface area contributed by atoms with Gasteiger partial charge in [0.15, 0.2) is 0 Å². The maximum atomic E-state index is 12.9. The lowest BCUT2D eigenvalue weighted by molar-refractivity contribution is -0.133. The Morgan fingerprint density at radius 3 is 1.78 bits per heavy atom. The maximum absolute atomic E-state index is 12.9. The summed E-state index contributed by atoms with van der Waals surface area (Å²) in [5.41, 5.74) is -0.345. The van der Waals surface area contributed by atoms with Crippen LogP contribution in [0.15, 0.2) is 11.6 Å². The van der Waals surface area contributed by atoms with Crippen LogP contribution >= 0.6 is 0 Å². The Balaban J connectivity index is 5.52. The van der Waals surface area contributed by atoms with Crippen molar-refractivity contribution in [2.75, 3.05) is 7.05 Å². The van der Waals surface area contributed by atoms with Crippen LogP contribution < -0.4 is 16.0 Å². The lowest BCUT2D eigenvalue weighted by Gasteiger charge is -2.34. The van der Waals surface area contributed by atoms with Gasteiger partial charge in [0.1, 0.15) is 6.04 Å². The molecule has 0 aromatic rings. The molecule has 0 saturated carbocycles. The van der Waals surface area contributed by atoms with Crippen molar-refractivity contribution in [2.24, 2.45) is 17.3 Å². The van der Waals surface area contributed by atoms with Gasteiger partial charge in [0.2, 0.25) is 11.8 Å². The number of hydrogen-bond acceptors (Lipinski definition) is 4. The summed E-state index contributed by atoms with van der Waals surface area (Å²) in [4.78, 5) is 36.7. The highest BCUT2D eigenvalue weighted by molar-refractivity contribution is 5.91. The largest absolute Gasteiger partial charge is 0.478 e. The standard InChI is InChI=1S/C20H37N3O4/c1-11(2)14(10-13(5)19(26)27)22-18(25)16(20(6,7)8)23-17(24)15(21-9)12(3)4/h10-12,14-16,21H,1-9H3,(H,22,25)(H,23,24)(H,26,27)/b13-10+/t14?,15-,16+/m0/s1. The number of amides is 2. The molecule has 0 aliphatic heterocycles. The third kappa shape index (κ3) is 8.12. The van der Waals surface area contributed by atoms with Crippen LogP contribution in [0, 0.1) is 17.3 Å². The van der Waals surface area contributed by atoms with Crippen LogP contribution in [0.5, 0.6) is 0 Å². The molecule has 156 valence electrons. The summed E-state index contributed by atoms with van der Waals surface area (Å²) in [6, 6.07) is -1.60. The zero-order valence-electron chi connectivity index (χ0n) is 18.1. The van der Waals surface area contributed by atoms with Crippen molar-refractivity contribution in [3.63, 3.8) is 0 Å². The number of rotatable bonds is 9. The highest BCUT2D eigenvalue weighted by Crippen LogP contribution is 2.21. The van der Waals surface area contributed by atoms with Gasteiger partial charge in [0, 0.05) is 5.57 Å². The molecular formula is C20H37N3O4. The van der Waals surface area contributed by atoms with Gasteiger partial charge < -0.3 is 21.1 Å². The maximum Gasteiger partial charge on any atom is 0.331 e. The van der Waals surface area contributed by atoms with Gasteiger partial charge in [-0.15, -0.1) is 0 Å². The predicted octanol–water partition coefficient (Wildman–Crippen LogP) is 1.93. The molecule has 3 atom stereocenters. The first-order chi connectivity index (χ1) is 12.2. The van der Waals surface area contributed by atoms with E-state index in [9.17, 15) is 14.4 Å². The molecule has 0 aliphatic carbocycles. The molecule has 1 unspecified atom stereocenters. The zero-order valence-corrected chi connectivity index (χ0v) is 18.1. The van der Waals surface area contributed by atoms with E-state index in [-0.39, 0.29) is 29.2 Å². The average molecular weight is 384 g/mol. The predicted molar refractivity (Wildman–Crippen MR) is 107 cm³/mol. The average Bonchev–Trinajstić information content (AvgIpc) is 2.50. The third-order valence-corrected chi connectivity index (χ3v) is 4.47. The number of carboxylic acids is 1. The van der Waals surface area contributed by atoms with Crippen molar-refractivity contribution in [1.82, 2.24) is 16.0 Å². The van der Waals surface area contributed by atoms with E-state index in [0.717, 1.165) is 0 Å². The topological polar surface area (TPSA) is 108 Å². The van der Waals surface area contributed by atoms with Crippen LogP contribution in [0.2, 0.25) is 0 Å². The first-order valence-electron chi connectivity index (χ1n) is 9.42. The minimum atomic E-state index is -1.02. The van der Waals surface area contributed by atoms with Gasteiger partial charge in [-0.3, -0.25) is 9.59 Å². The van der Waals surface area contributed by atoms with E-state index in [1.165, 1.54) is 13.0 Å². The highest BCUT2D eigenvalue weighted by atomic mass is 16.4. The molecule has 7 heteroatoms. The fourth-order valence-electron chi connectivity index (χ4n) is 2.66. The van der Waals surface area contributed by atoms with Gasteiger partial charge in [-0.05, 0) is 31.2 Å². The molecule has 0 radical (unpaired) electrons. The van der Waals surface area contributed by atoms with Crippen LogP contribution in [0.25, 0.3) is 0 Å². The van der Waals surface area contributed by atoms with Gasteiger partial charge in [-0.2, -0.15) is 0 Å². The molecule has 0 bridgehead atoms. The van der Waals surface area contributed by atoms with Crippen molar-refractivity contribution >= 4 is 17.8 Å². The Labute approximate surface area is 163 Å². The summed E-state index contributed by atoms with van der Waals surface area (Å²) in [5.74, 6) is -1.52. The second-order valence-corrected chi connectivity index (χ2v) is 8.75. The van der Waals surface area contributed by atoms with E-state index in [1.54, 1.807) is 7.05 Å². The molecule has 0 saturated heterocycles. The molecule has 0 fully saturated rings. The SMILES string of the molecule is CN[C@H](C(=O)N[C@H](C(=O)NC(/C=C(\C)C(=O)O)C(C)C)C(C)(C)C)C(C)C. The lowest BCUT2D eigenvalue weighted by atomic mass is 9.85. The van der Waals surface area contributed by atoms with Crippen molar-refractivity contribution in [3.05, 3.63) is 11.6 Å². The van der Waals surface area contributed by atoms with Crippen LogP contribution in [0.4, 0.5) is 0 Å². The van der Waals surface area contributed by atoms with E-state index in [1.807, 2.05) is 48.5 Å². The monoisotopic (exact) mass is 383 g/mol. The molecule has 0 aromatic heterocycles. The molecule has 2 amide bonds. The summed E-state index contributed by atoms with van der Waals surface area (Å²) in [6.45, 7) is 14.8. The van der Waals surface area contributed by atoms with Gasteiger partial charge >= 0.3 is 5.97 Å². The molecule has 0 spiro atoms. The first-order valence-corrected chi connectivity index (χ1v) is 9.42. The molecule has 27 heavy (non-hydrogen) atoms. The minimum Gasteiger partial charge on any atom is -0.478 e. The number of nitrogens with one attached hydrogen (secondary N) is 3. The number of carbonyl (C=O) groups is 3. The van der Waals surface area contributed by atoms with Gasteiger partial charge in [0.25, 0.3) is 0 Å². The second kappa shape index (κ2) is 10.4. The van der Waals surface area contributed by atoms with Gasteiger partial charge in [-0.1, -0.05) is 54.5 Å². The molecule has 0 heterocycles. The van der Waals surface area contributed by atoms with E-state index in [4.69, 9.17) is 5.11 Å². The summed E-state index contributed by atoms with van der Waals surface area (Å²) in [5, 5.41) is 17.8. The van der Waals surface area contributed by atoms with Crippen LogP contribution in [0.1, 0.15) is 55.4 Å². The van der Waals surface area contributed by atoms with E-state index in [0.29, 0.717) is 0 Å². The number of likely N-dealkylation sites (N-methyl/N-ethyl adjacent to an activating group) is 1. The summed E-state index contributed by atoms with van der Waals surface area (Å²) in [7, 11) is 1.71. The molecule has 4 N–H and O–H groups in total. The van der Waals surface area contributed by atoms with Crippen molar-refractivity contribution in [2.45, 2.75) is 73.5 Å².